The Kier molecular flexibility index (Phi) is 8.32. The van der Waals surface area contributed by atoms with Crippen molar-refractivity contribution in [3.05, 3.63) is 65.0 Å². The average molecular weight is 539 g/mol. The molecule has 3 aromatic rings. The summed E-state index contributed by atoms with van der Waals surface area (Å²) in [5.74, 6) is -2.29. The number of benzene rings is 1. The molecule has 0 unspecified atom stereocenters. The van der Waals surface area contributed by atoms with Gasteiger partial charge in [0, 0.05) is 28.9 Å². The van der Waals surface area contributed by atoms with Gasteiger partial charge in [-0.1, -0.05) is 11.6 Å². The SMILES string of the molecule is CCN(NC(=O)OC(C)(C)C)C(=O)N[C@H](C)c1ncc(-c2cc(Cl)cc(F)c2-n2cc(F)cn2)cc1F. The third kappa shape index (κ3) is 6.91. The molecule has 1 aromatic carbocycles. The Morgan fingerprint density at radius 3 is 2.43 bits per heavy atom. The first kappa shape index (κ1) is 27.8. The summed E-state index contributed by atoms with van der Waals surface area (Å²) in [7, 11) is 0. The van der Waals surface area contributed by atoms with E-state index in [4.69, 9.17) is 16.3 Å². The second kappa shape index (κ2) is 11.1. The molecule has 198 valence electrons. The lowest BCUT2D eigenvalue weighted by atomic mass is 10.0. The van der Waals surface area contributed by atoms with E-state index in [-0.39, 0.29) is 34.1 Å². The molecule has 2 aromatic heterocycles. The van der Waals surface area contributed by atoms with Gasteiger partial charge in [-0.15, -0.1) is 0 Å². The summed E-state index contributed by atoms with van der Waals surface area (Å²) in [4.78, 5) is 28.8. The molecule has 0 aliphatic rings. The number of ether oxygens (including phenoxy) is 1. The molecule has 1 atom stereocenters. The molecule has 37 heavy (non-hydrogen) atoms. The van der Waals surface area contributed by atoms with Gasteiger partial charge in [0.2, 0.25) is 0 Å². The second-order valence-corrected chi connectivity index (χ2v) is 9.44. The maximum Gasteiger partial charge on any atom is 0.426 e. The largest absolute Gasteiger partial charge is 0.443 e. The number of carbonyl (C=O) groups excluding carboxylic acids is 2. The van der Waals surface area contributed by atoms with Gasteiger partial charge in [-0.2, -0.15) is 5.10 Å². The van der Waals surface area contributed by atoms with E-state index in [1.165, 1.54) is 19.2 Å². The Hall–Kier alpha value is -3.80. The quantitative estimate of drug-likeness (QED) is 0.415. The highest BCUT2D eigenvalue weighted by Crippen LogP contribution is 2.33. The smallest absolute Gasteiger partial charge is 0.426 e. The highest BCUT2D eigenvalue weighted by atomic mass is 35.5. The number of hydrogen-bond acceptors (Lipinski definition) is 5. The number of hydrogen-bond donors (Lipinski definition) is 2. The summed E-state index contributed by atoms with van der Waals surface area (Å²) < 4.78 is 49.5. The Balaban J connectivity index is 1.83. The molecule has 0 radical (unpaired) electrons. The van der Waals surface area contributed by atoms with Gasteiger partial charge in [0.15, 0.2) is 11.6 Å². The van der Waals surface area contributed by atoms with E-state index in [9.17, 15) is 18.4 Å². The predicted molar refractivity (Wildman–Crippen MR) is 130 cm³/mol. The topological polar surface area (TPSA) is 101 Å². The van der Waals surface area contributed by atoms with Crippen LogP contribution in [-0.2, 0) is 4.74 Å². The molecule has 3 rings (SSSR count). The fourth-order valence-electron chi connectivity index (χ4n) is 3.37. The summed E-state index contributed by atoms with van der Waals surface area (Å²) in [5, 5.41) is 7.34. The van der Waals surface area contributed by atoms with Crippen molar-refractivity contribution in [2.45, 2.75) is 46.3 Å². The van der Waals surface area contributed by atoms with Crippen molar-refractivity contribution >= 4 is 23.7 Å². The van der Waals surface area contributed by atoms with E-state index in [0.717, 1.165) is 34.2 Å². The number of urea groups is 1. The molecule has 2 heterocycles. The van der Waals surface area contributed by atoms with Crippen LogP contribution in [0.4, 0.5) is 22.8 Å². The molecule has 0 bridgehead atoms. The van der Waals surface area contributed by atoms with Crippen molar-refractivity contribution in [2.75, 3.05) is 6.54 Å². The Labute approximate surface area is 216 Å². The minimum Gasteiger partial charge on any atom is -0.443 e. The van der Waals surface area contributed by atoms with Crippen molar-refractivity contribution in [1.29, 1.82) is 0 Å². The van der Waals surface area contributed by atoms with Gasteiger partial charge in [0.05, 0.1) is 24.1 Å². The zero-order valence-corrected chi connectivity index (χ0v) is 21.5. The van der Waals surface area contributed by atoms with E-state index in [0.29, 0.717) is 0 Å². The number of amides is 3. The monoisotopic (exact) mass is 538 g/mol. The fraction of sp³-hybridized carbons (Fsp3) is 0.333. The van der Waals surface area contributed by atoms with Crippen molar-refractivity contribution < 1.29 is 27.5 Å². The van der Waals surface area contributed by atoms with Crippen molar-refractivity contribution in [3.63, 3.8) is 0 Å². The predicted octanol–water partition coefficient (Wildman–Crippen LogP) is 5.54. The van der Waals surface area contributed by atoms with Gasteiger partial charge in [0.1, 0.15) is 17.1 Å². The van der Waals surface area contributed by atoms with Crippen LogP contribution < -0.4 is 10.7 Å². The number of rotatable bonds is 5. The molecular weight excluding hydrogens is 513 g/mol. The molecule has 13 heteroatoms. The number of aromatic nitrogens is 3. The standard InChI is InChI=1S/C24H26ClF3N6O3/c1-6-33(32-23(36)37-24(3,4)5)22(35)31-13(2)20-18(27)7-14(10-29-20)17-8-15(25)9-19(28)21(17)34-12-16(26)11-30-34/h7-13H,6H2,1-5H3,(H,31,35)(H,32,36)/t13-/m1/s1. The van der Waals surface area contributed by atoms with Crippen molar-refractivity contribution in [3.8, 4) is 16.8 Å². The number of nitrogens with zero attached hydrogens (tertiary/aromatic N) is 4. The third-order valence-corrected chi connectivity index (χ3v) is 5.14. The lowest BCUT2D eigenvalue weighted by Gasteiger charge is -2.26. The van der Waals surface area contributed by atoms with Crippen LogP contribution >= 0.6 is 11.6 Å². The lowest BCUT2D eigenvalue weighted by molar-refractivity contribution is 0.0381. The van der Waals surface area contributed by atoms with Crippen LogP contribution in [0, 0.1) is 17.5 Å². The molecule has 0 spiro atoms. The maximum atomic E-state index is 15.1. The lowest BCUT2D eigenvalue weighted by Crippen LogP contribution is -2.52. The first-order valence-corrected chi connectivity index (χ1v) is 11.6. The van der Waals surface area contributed by atoms with E-state index < -0.39 is 41.2 Å². The molecule has 0 fully saturated rings. The van der Waals surface area contributed by atoms with Gasteiger partial charge in [-0.05, 0) is 52.8 Å². The van der Waals surface area contributed by atoms with Crippen LogP contribution in [0.3, 0.4) is 0 Å². The van der Waals surface area contributed by atoms with Crippen LogP contribution in [0.15, 0.2) is 36.8 Å². The average Bonchev–Trinajstić information content (AvgIpc) is 3.20. The maximum absolute atomic E-state index is 15.1. The van der Waals surface area contributed by atoms with Gasteiger partial charge in [-0.3, -0.25) is 4.98 Å². The summed E-state index contributed by atoms with van der Waals surface area (Å²) in [6.45, 7) is 8.26. The second-order valence-electron chi connectivity index (χ2n) is 9.01. The van der Waals surface area contributed by atoms with Crippen molar-refractivity contribution in [2.24, 2.45) is 0 Å². The summed E-state index contributed by atoms with van der Waals surface area (Å²) in [5.41, 5.74) is 1.58. The molecule has 0 saturated heterocycles. The molecule has 0 aliphatic carbocycles. The number of pyridine rings is 1. The normalized spacial score (nSPS) is 12.1. The number of nitrogens with one attached hydrogen (secondary N) is 2. The van der Waals surface area contributed by atoms with Crippen LogP contribution in [0.1, 0.15) is 46.4 Å². The summed E-state index contributed by atoms with van der Waals surface area (Å²) >= 11 is 6.01. The molecule has 2 N–H and O–H groups in total. The number of halogens is 4. The van der Waals surface area contributed by atoms with Crippen LogP contribution in [-0.4, -0.2) is 44.0 Å². The first-order chi connectivity index (χ1) is 17.3. The number of hydrazine groups is 1. The fourth-order valence-corrected chi connectivity index (χ4v) is 3.58. The molecule has 9 nitrogen and oxygen atoms in total. The molecule has 0 aliphatic heterocycles. The zero-order valence-electron chi connectivity index (χ0n) is 20.8. The van der Waals surface area contributed by atoms with Crippen LogP contribution in [0.5, 0.6) is 0 Å². The van der Waals surface area contributed by atoms with E-state index in [1.54, 1.807) is 27.7 Å². The summed E-state index contributed by atoms with van der Waals surface area (Å²) in [6.07, 6.45) is 2.32. The van der Waals surface area contributed by atoms with Crippen LogP contribution in [0.25, 0.3) is 16.8 Å². The summed E-state index contributed by atoms with van der Waals surface area (Å²) in [6, 6.07) is 1.87. The van der Waals surface area contributed by atoms with Gasteiger partial charge < -0.3 is 10.1 Å². The van der Waals surface area contributed by atoms with E-state index >= 15 is 4.39 Å². The zero-order chi connectivity index (χ0) is 27.5. The van der Waals surface area contributed by atoms with Gasteiger partial charge in [0.25, 0.3) is 0 Å². The van der Waals surface area contributed by atoms with Gasteiger partial charge >= 0.3 is 12.1 Å². The molecule has 3 amide bonds. The minimum absolute atomic E-state index is 0.0335. The van der Waals surface area contributed by atoms with Gasteiger partial charge in [-0.25, -0.2) is 37.9 Å². The minimum atomic E-state index is -0.910. The van der Waals surface area contributed by atoms with E-state index in [2.05, 4.69) is 20.8 Å². The Morgan fingerprint density at radius 2 is 1.86 bits per heavy atom. The highest BCUT2D eigenvalue weighted by Gasteiger charge is 2.24. The van der Waals surface area contributed by atoms with Crippen molar-refractivity contribution in [1.82, 2.24) is 30.5 Å². The highest BCUT2D eigenvalue weighted by molar-refractivity contribution is 6.31. The first-order valence-electron chi connectivity index (χ1n) is 11.2. The number of carbonyl (C=O) groups is 2. The van der Waals surface area contributed by atoms with E-state index in [1.807, 2.05) is 0 Å². The molecule has 0 saturated carbocycles. The Morgan fingerprint density at radius 1 is 1.16 bits per heavy atom. The Bertz CT molecular complexity index is 1310. The molecular formula is C24H26ClF3N6O3. The van der Waals surface area contributed by atoms with Crippen LogP contribution in [0.2, 0.25) is 5.02 Å². The third-order valence-electron chi connectivity index (χ3n) is 4.93.